The van der Waals surface area contributed by atoms with E-state index in [4.69, 9.17) is 20.4 Å². The summed E-state index contributed by atoms with van der Waals surface area (Å²) in [5, 5.41) is 20.7. The lowest BCUT2D eigenvalue weighted by atomic mass is 9.99. The Morgan fingerprint density at radius 1 is 0.953 bits per heavy atom. The normalized spacial score (nSPS) is 15.7. The Labute approximate surface area is 238 Å². The van der Waals surface area contributed by atoms with Crippen LogP contribution in [-0.2, 0) is 4.79 Å². The fourth-order valence-corrected chi connectivity index (χ4v) is 5.59. The zero-order chi connectivity index (χ0) is 30.8. The summed E-state index contributed by atoms with van der Waals surface area (Å²) >= 11 is 0. The van der Waals surface area contributed by atoms with Crippen LogP contribution in [0.25, 0.3) is 38.1 Å². The van der Waals surface area contributed by atoms with E-state index in [1.165, 1.54) is 6.20 Å². The van der Waals surface area contributed by atoms with E-state index in [1.54, 1.807) is 4.57 Å². The highest BCUT2D eigenvalue weighted by Gasteiger charge is 2.38. The second-order valence-electron chi connectivity index (χ2n) is 10.2. The van der Waals surface area contributed by atoms with Gasteiger partial charge in [0.25, 0.3) is 0 Å². The molecule has 1 aromatic heterocycles. The van der Waals surface area contributed by atoms with Crippen molar-refractivity contribution in [3.63, 3.8) is 0 Å². The molecule has 0 spiro atoms. The molecule has 9 nitrogen and oxygen atoms in total. The fraction of sp³-hybridized carbons (Fsp3) is 0.167. The molecule has 0 aliphatic carbocycles. The van der Waals surface area contributed by atoms with Crippen LogP contribution in [0.5, 0.6) is 11.5 Å². The number of aromatic carboxylic acids is 1. The number of ether oxygens (including phenoxy) is 1. The summed E-state index contributed by atoms with van der Waals surface area (Å²) in [7, 11) is 0. The van der Waals surface area contributed by atoms with E-state index < -0.39 is 34.9 Å². The first-order valence-electron chi connectivity index (χ1n) is 12.9. The summed E-state index contributed by atoms with van der Waals surface area (Å²) in [6.07, 6.45) is -3.07. The SMILES string of the molecule is NC1CCN(c2c(F)cc3c(=O)c(C(=O)O)cn4c3c2Oc2c-4ccc3c2ccc2ccccc23)C1.O=C(O)C(F)(F)F. The van der Waals surface area contributed by atoms with Gasteiger partial charge in [-0.2, -0.15) is 13.2 Å². The predicted molar refractivity (Wildman–Crippen MR) is 150 cm³/mol. The zero-order valence-corrected chi connectivity index (χ0v) is 22.0. The third kappa shape index (κ3) is 4.57. The Hall–Kier alpha value is -5.17. The van der Waals surface area contributed by atoms with Gasteiger partial charge in [0.2, 0.25) is 5.43 Å². The number of carbonyl (C=O) groups is 2. The second-order valence-corrected chi connectivity index (χ2v) is 10.2. The smallest absolute Gasteiger partial charge is 0.477 e. The molecule has 1 unspecified atom stereocenters. The van der Waals surface area contributed by atoms with Gasteiger partial charge in [-0.1, -0.05) is 36.4 Å². The van der Waals surface area contributed by atoms with Crippen LogP contribution < -0.4 is 20.8 Å². The van der Waals surface area contributed by atoms with E-state index in [0.29, 0.717) is 36.5 Å². The number of carboxylic acid groups (broad SMARTS) is 2. The van der Waals surface area contributed by atoms with E-state index in [2.05, 4.69) is 0 Å². The van der Waals surface area contributed by atoms with Crippen molar-refractivity contribution >= 4 is 50.1 Å². The van der Waals surface area contributed by atoms with Crippen LogP contribution >= 0.6 is 0 Å². The van der Waals surface area contributed by atoms with E-state index >= 15 is 4.39 Å². The minimum atomic E-state index is -5.08. The van der Waals surface area contributed by atoms with E-state index in [0.717, 1.165) is 27.6 Å². The van der Waals surface area contributed by atoms with Crippen molar-refractivity contribution in [1.82, 2.24) is 4.57 Å². The number of halogens is 4. The van der Waals surface area contributed by atoms with Crippen LogP contribution in [0, 0.1) is 5.82 Å². The van der Waals surface area contributed by atoms with Gasteiger partial charge in [0, 0.05) is 30.7 Å². The third-order valence-corrected chi connectivity index (χ3v) is 7.50. The molecular weight excluding hydrogens is 574 g/mol. The van der Waals surface area contributed by atoms with Crippen LogP contribution in [0.15, 0.2) is 65.6 Å². The summed E-state index contributed by atoms with van der Waals surface area (Å²) in [5.74, 6) is -4.11. The molecule has 4 N–H and O–H groups in total. The van der Waals surface area contributed by atoms with Crippen molar-refractivity contribution in [3.05, 3.63) is 82.4 Å². The number of anilines is 1. The molecule has 0 bridgehead atoms. The van der Waals surface area contributed by atoms with Gasteiger partial charge >= 0.3 is 18.1 Å². The summed E-state index contributed by atoms with van der Waals surface area (Å²) in [5.41, 5.74) is 6.08. The highest BCUT2D eigenvalue weighted by Crippen LogP contribution is 2.49. The zero-order valence-electron chi connectivity index (χ0n) is 22.0. The molecule has 1 atom stereocenters. The van der Waals surface area contributed by atoms with Crippen molar-refractivity contribution in [2.24, 2.45) is 5.73 Å². The van der Waals surface area contributed by atoms with Gasteiger partial charge in [-0.05, 0) is 40.8 Å². The summed E-state index contributed by atoms with van der Waals surface area (Å²) < 4.78 is 55.5. The number of benzene rings is 4. The number of hydrogen-bond acceptors (Lipinski definition) is 6. The molecule has 13 heteroatoms. The number of rotatable bonds is 2. The number of fused-ring (bicyclic) bond motifs is 6. The van der Waals surface area contributed by atoms with Gasteiger partial charge < -0.3 is 30.2 Å². The third-order valence-electron chi connectivity index (χ3n) is 7.50. The molecule has 7 rings (SSSR count). The fourth-order valence-electron chi connectivity index (χ4n) is 5.59. The number of carboxylic acids is 2. The number of pyridine rings is 1. The van der Waals surface area contributed by atoms with Crippen LogP contribution in [0.1, 0.15) is 16.8 Å². The van der Waals surface area contributed by atoms with Crippen LogP contribution in [0.2, 0.25) is 0 Å². The largest absolute Gasteiger partial charge is 0.490 e. The molecule has 1 saturated heterocycles. The number of nitrogens with two attached hydrogens (primary N) is 1. The lowest BCUT2D eigenvalue weighted by Crippen LogP contribution is -2.28. The molecule has 43 heavy (non-hydrogen) atoms. The molecule has 2 aliphatic rings. The second kappa shape index (κ2) is 9.98. The number of aromatic nitrogens is 1. The number of nitrogens with zero attached hydrogens (tertiary/aromatic N) is 2. The maximum atomic E-state index is 15.7. The highest BCUT2D eigenvalue weighted by atomic mass is 19.4. The first-order chi connectivity index (χ1) is 20.4. The summed E-state index contributed by atoms with van der Waals surface area (Å²) in [4.78, 5) is 35.7. The van der Waals surface area contributed by atoms with E-state index in [1.807, 2.05) is 53.4 Å². The van der Waals surface area contributed by atoms with Gasteiger partial charge in [-0.25, -0.2) is 14.0 Å². The highest BCUT2D eigenvalue weighted by molar-refractivity contribution is 6.11. The quantitative estimate of drug-likeness (QED) is 0.179. The molecule has 0 radical (unpaired) electrons. The number of alkyl halides is 3. The molecule has 0 amide bonds. The first-order valence-corrected chi connectivity index (χ1v) is 12.9. The van der Waals surface area contributed by atoms with Crippen molar-refractivity contribution in [2.45, 2.75) is 18.6 Å². The van der Waals surface area contributed by atoms with Crippen molar-refractivity contribution in [1.29, 1.82) is 0 Å². The van der Waals surface area contributed by atoms with Crippen molar-refractivity contribution in [2.75, 3.05) is 18.0 Å². The Kier molecular flexibility index (Phi) is 6.49. The predicted octanol–water partition coefficient (Wildman–Crippen LogP) is 5.41. The van der Waals surface area contributed by atoms with Crippen LogP contribution in [0.3, 0.4) is 0 Å². The molecule has 4 aromatic carbocycles. The van der Waals surface area contributed by atoms with Crippen LogP contribution in [0.4, 0.5) is 23.2 Å². The standard InChI is InChI=1S/C28H20FN3O4.C2HF3O2/c29-21-11-19-23-27(24(21)31-10-9-15(30)12-31)36-26-18-6-5-14-3-1-2-4-16(14)17(18)7-8-22(26)32(23)13-20(25(19)33)28(34)35;3-2(4,5)1(6)7/h1-8,11,13,15H,9-10,12,30H2,(H,34,35);(H,6,7). The van der Waals surface area contributed by atoms with Gasteiger partial charge in [0.15, 0.2) is 17.3 Å². The van der Waals surface area contributed by atoms with Gasteiger partial charge in [-0.15, -0.1) is 0 Å². The Morgan fingerprint density at radius 3 is 2.30 bits per heavy atom. The topological polar surface area (TPSA) is 135 Å². The lowest BCUT2D eigenvalue weighted by molar-refractivity contribution is -0.192. The Morgan fingerprint density at radius 2 is 1.65 bits per heavy atom. The minimum absolute atomic E-state index is 0.0427. The molecule has 1 fully saturated rings. The average molecular weight is 596 g/mol. The molecule has 220 valence electrons. The Balaban J connectivity index is 0.000000423. The van der Waals surface area contributed by atoms with Gasteiger partial charge in [0.05, 0.1) is 11.1 Å². The maximum absolute atomic E-state index is 15.7. The minimum Gasteiger partial charge on any atom is -0.477 e. The monoisotopic (exact) mass is 595 g/mol. The van der Waals surface area contributed by atoms with E-state index in [-0.39, 0.29) is 22.9 Å². The first kappa shape index (κ1) is 28.0. The van der Waals surface area contributed by atoms with Gasteiger partial charge in [-0.3, -0.25) is 4.79 Å². The Bertz CT molecular complexity index is 2060. The molecule has 2 aliphatic heterocycles. The lowest BCUT2D eigenvalue weighted by Gasteiger charge is -2.29. The molecule has 5 aromatic rings. The van der Waals surface area contributed by atoms with E-state index in [9.17, 15) is 27.9 Å². The maximum Gasteiger partial charge on any atom is 0.490 e. The molecular formula is C30H21F4N3O6. The van der Waals surface area contributed by atoms with Crippen LogP contribution in [-0.4, -0.2) is 52.0 Å². The molecule has 0 saturated carbocycles. The van der Waals surface area contributed by atoms with Crippen molar-refractivity contribution < 1.29 is 42.1 Å². The molecule has 3 heterocycles. The van der Waals surface area contributed by atoms with Crippen molar-refractivity contribution in [3.8, 4) is 17.2 Å². The summed E-state index contributed by atoms with van der Waals surface area (Å²) in [6, 6.07) is 16.7. The number of hydrogen-bond donors (Lipinski definition) is 3. The van der Waals surface area contributed by atoms with Gasteiger partial charge in [0.1, 0.15) is 16.8 Å². The number of aliphatic carboxylic acids is 1. The summed E-state index contributed by atoms with van der Waals surface area (Å²) in [6.45, 7) is 0.994. The average Bonchev–Trinajstić information content (AvgIpc) is 3.39.